The van der Waals surface area contributed by atoms with E-state index in [1.165, 1.54) is 18.2 Å². The average Bonchev–Trinajstić information content (AvgIpc) is 2.94. The van der Waals surface area contributed by atoms with Crippen LogP contribution in [0, 0.1) is 0 Å². The Hall–Kier alpha value is -2.28. The molecule has 0 spiro atoms. The van der Waals surface area contributed by atoms with Gasteiger partial charge in [-0.3, -0.25) is 5.10 Å². The van der Waals surface area contributed by atoms with E-state index in [1.54, 1.807) is 0 Å². The van der Waals surface area contributed by atoms with Gasteiger partial charge in [0.1, 0.15) is 11.5 Å². The minimum Gasteiger partial charge on any atom is -0.508 e. The average molecular weight is 289 g/mol. The van der Waals surface area contributed by atoms with E-state index in [9.17, 15) is 10.2 Å². The van der Waals surface area contributed by atoms with Gasteiger partial charge in [-0.1, -0.05) is 0 Å². The van der Waals surface area contributed by atoms with Gasteiger partial charge >= 0.3 is 0 Å². The van der Waals surface area contributed by atoms with E-state index in [-0.39, 0.29) is 23.6 Å². The second kappa shape index (κ2) is 5.25. The van der Waals surface area contributed by atoms with Crippen molar-refractivity contribution in [2.24, 2.45) is 5.73 Å². The number of nitrogens with one attached hydrogen (secondary N) is 1. The molecule has 2 unspecified atom stereocenters. The summed E-state index contributed by atoms with van der Waals surface area (Å²) < 4.78 is 0. The normalized spacial score (nSPS) is 22.5. The molecule has 1 aliphatic heterocycles. The minimum atomic E-state index is 0.0406. The number of nitrogens with zero attached hydrogens (tertiary/aromatic N) is 3. The molecule has 1 fully saturated rings. The maximum Gasteiger partial charge on any atom is 0.245 e. The smallest absolute Gasteiger partial charge is 0.245 e. The van der Waals surface area contributed by atoms with Crippen LogP contribution in [-0.4, -0.2) is 44.0 Å². The first kappa shape index (κ1) is 13.7. The predicted molar refractivity (Wildman–Crippen MR) is 79.2 cm³/mol. The van der Waals surface area contributed by atoms with Gasteiger partial charge in [0.2, 0.25) is 5.95 Å². The second-order valence-corrected chi connectivity index (χ2v) is 5.43. The molecule has 21 heavy (non-hydrogen) atoms. The number of aromatic amines is 1. The summed E-state index contributed by atoms with van der Waals surface area (Å²) in [4.78, 5) is 6.49. The molecule has 1 aromatic heterocycles. The molecule has 1 saturated heterocycles. The zero-order valence-electron chi connectivity index (χ0n) is 11.8. The topological polar surface area (TPSA) is 111 Å². The number of hydrogen-bond donors (Lipinski definition) is 4. The summed E-state index contributed by atoms with van der Waals surface area (Å²) in [5.41, 5.74) is 6.51. The number of anilines is 1. The number of aromatic hydroxyl groups is 2. The van der Waals surface area contributed by atoms with Crippen LogP contribution in [0.5, 0.6) is 11.5 Å². The highest BCUT2D eigenvalue weighted by Gasteiger charge is 2.28. The van der Waals surface area contributed by atoms with Crippen LogP contribution in [0.15, 0.2) is 18.2 Å². The van der Waals surface area contributed by atoms with Crippen LogP contribution in [0.2, 0.25) is 0 Å². The fourth-order valence-electron chi connectivity index (χ4n) is 2.67. The summed E-state index contributed by atoms with van der Waals surface area (Å²) in [7, 11) is 0. The Bertz CT molecular complexity index is 642. The Morgan fingerprint density at radius 2 is 2.19 bits per heavy atom. The van der Waals surface area contributed by atoms with Gasteiger partial charge in [0, 0.05) is 18.6 Å². The quantitative estimate of drug-likeness (QED) is 0.618. The van der Waals surface area contributed by atoms with Gasteiger partial charge in [0.25, 0.3) is 0 Å². The lowest BCUT2D eigenvalue weighted by atomic mass is 9.99. The van der Waals surface area contributed by atoms with Crippen molar-refractivity contribution in [1.29, 1.82) is 0 Å². The third kappa shape index (κ3) is 2.52. The van der Waals surface area contributed by atoms with Crippen LogP contribution < -0.4 is 10.6 Å². The van der Waals surface area contributed by atoms with Gasteiger partial charge < -0.3 is 20.8 Å². The zero-order valence-corrected chi connectivity index (χ0v) is 11.8. The monoisotopic (exact) mass is 289 g/mol. The van der Waals surface area contributed by atoms with E-state index in [0.717, 1.165) is 19.4 Å². The van der Waals surface area contributed by atoms with Gasteiger partial charge in [-0.05, 0) is 38.0 Å². The predicted octanol–water partition coefficient (Wildman–Crippen LogP) is 1.20. The molecule has 112 valence electrons. The van der Waals surface area contributed by atoms with E-state index in [2.05, 4.69) is 27.0 Å². The van der Waals surface area contributed by atoms with Crippen molar-refractivity contribution in [2.45, 2.75) is 31.8 Å². The standard InChI is InChI=1S/C14H19N5O2/c1-8-11(15)3-2-6-19(8)14-16-13(17-18-14)10-7-9(20)4-5-12(10)21/h4-5,7-8,11,20-21H,2-3,6,15H2,1H3,(H,16,17,18). The first-order valence-corrected chi connectivity index (χ1v) is 7.03. The number of nitrogens with two attached hydrogens (primary N) is 1. The molecule has 0 bridgehead atoms. The van der Waals surface area contributed by atoms with E-state index in [1.807, 2.05) is 0 Å². The van der Waals surface area contributed by atoms with Crippen molar-refractivity contribution in [1.82, 2.24) is 15.2 Å². The molecule has 0 saturated carbocycles. The molecule has 7 heteroatoms. The highest BCUT2D eigenvalue weighted by molar-refractivity contribution is 5.66. The van der Waals surface area contributed by atoms with Crippen molar-refractivity contribution < 1.29 is 10.2 Å². The first-order valence-electron chi connectivity index (χ1n) is 7.03. The molecule has 5 N–H and O–H groups in total. The Morgan fingerprint density at radius 1 is 1.38 bits per heavy atom. The second-order valence-electron chi connectivity index (χ2n) is 5.43. The largest absolute Gasteiger partial charge is 0.508 e. The summed E-state index contributed by atoms with van der Waals surface area (Å²) in [6, 6.07) is 4.56. The summed E-state index contributed by atoms with van der Waals surface area (Å²) in [5, 5.41) is 26.4. The number of rotatable bonds is 2. The van der Waals surface area contributed by atoms with E-state index in [4.69, 9.17) is 5.73 Å². The van der Waals surface area contributed by atoms with Crippen LogP contribution in [-0.2, 0) is 0 Å². The van der Waals surface area contributed by atoms with Crippen LogP contribution in [0.25, 0.3) is 11.4 Å². The Labute approximate surface area is 122 Å². The fourth-order valence-corrected chi connectivity index (χ4v) is 2.67. The Balaban J connectivity index is 1.91. The highest BCUT2D eigenvalue weighted by Crippen LogP contribution is 2.31. The van der Waals surface area contributed by atoms with Gasteiger partial charge in [-0.15, -0.1) is 5.10 Å². The van der Waals surface area contributed by atoms with E-state index in [0.29, 0.717) is 17.3 Å². The van der Waals surface area contributed by atoms with Crippen molar-refractivity contribution in [3.05, 3.63) is 18.2 Å². The minimum absolute atomic E-state index is 0.0406. The number of phenolic OH excluding ortho intramolecular Hbond substituents is 2. The van der Waals surface area contributed by atoms with Crippen molar-refractivity contribution in [2.75, 3.05) is 11.4 Å². The van der Waals surface area contributed by atoms with E-state index < -0.39 is 0 Å². The van der Waals surface area contributed by atoms with Gasteiger partial charge in [-0.2, -0.15) is 4.98 Å². The maximum atomic E-state index is 9.87. The number of piperidine rings is 1. The lowest BCUT2D eigenvalue weighted by Gasteiger charge is -2.36. The van der Waals surface area contributed by atoms with Crippen molar-refractivity contribution in [3.8, 4) is 22.9 Å². The molecule has 1 aromatic carbocycles. The molecule has 1 aliphatic rings. The maximum absolute atomic E-state index is 9.87. The molecule has 0 aliphatic carbocycles. The zero-order chi connectivity index (χ0) is 15.0. The molecule has 3 rings (SSSR count). The Morgan fingerprint density at radius 3 is 3.00 bits per heavy atom. The molecule has 2 heterocycles. The molecular formula is C14H19N5O2. The number of benzene rings is 1. The molecule has 2 atom stereocenters. The van der Waals surface area contributed by atoms with Crippen LogP contribution in [0.1, 0.15) is 19.8 Å². The summed E-state index contributed by atoms with van der Waals surface area (Å²) in [6.45, 7) is 2.92. The number of phenols is 2. The number of aromatic nitrogens is 3. The Kier molecular flexibility index (Phi) is 3.42. The fraction of sp³-hybridized carbons (Fsp3) is 0.429. The first-order chi connectivity index (χ1) is 10.1. The van der Waals surface area contributed by atoms with Crippen LogP contribution >= 0.6 is 0 Å². The highest BCUT2D eigenvalue weighted by atomic mass is 16.3. The molecule has 0 radical (unpaired) electrons. The SMILES string of the molecule is CC1C(N)CCCN1c1n[nH]c(-c2cc(O)ccc2O)n1. The van der Waals surface area contributed by atoms with Gasteiger partial charge in [-0.25, -0.2) is 0 Å². The number of H-pyrrole nitrogens is 1. The van der Waals surface area contributed by atoms with Gasteiger partial charge in [0.15, 0.2) is 5.82 Å². The van der Waals surface area contributed by atoms with Crippen molar-refractivity contribution in [3.63, 3.8) is 0 Å². The van der Waals surface area contributed by atoms with Gasteiger partial charge in [0.05, 0.1) is 5.56 Å². The molecule has 2 aromatic rings. The lowest BCUT2D eigenvalue weighted by Crippen LogP contribution is -2.50. The molecular weight excluding hydrogens is 270 g/mol. The van der Waals surface area contributed by atoms with Crippen LogP contribution in [0.4, 0.5) is 5.95 Å². The lowest BCUT2D eigenvalue weighted by molar-refractivity contribution is 0.416. The number of hydrogen-bond acceptors (Lipinski definition) is 6. The molecule has 0 amide bonds. The molecule has 7 nitrogen and oxygen atoms in total. The summed E-state index contributed by atoms with van der Waals surface area (Å²) >= 11 is 0. The van der Waals surface area contributed by atoms with Crippen molar-refractivity contribution >= 4 is 5.95 Å². The summed E-state index contributed by atoms with van der Waals surface area (Å²) in [5.74, 6) is 1.09. The van der Waals surface area contributed by atoms with Crippen LogP contribution in [0.3, 0.4) is 0 Å². The van der Waals surface area contributed by atoms with E-state index >= 15 is 0 Å². The third-order valence-corrected chi connectivity index (χ3v) is 4.01. The summed E-state index contributed by atoms with van der Waals surface area (Å²) in [6.07, 6.45) is 2.01. The third-order valence-electron chi connectivity index (χ3n) is 4.01.